The highest BCUT2D eigenvalue weighted by Gasteiger charge is 2.38. The Labute approximate surface area is 149 Å². The fraction of sp³-hybridized carbons (Fsp3) is 0.333. The summed E-state index contributed by atoms with van der Waals surface area (Å²) in [4.78, 5) is 16.3. The van der Waals surface area contributed by atoms with Gasteiger partial charge in [0.05, 0.1) is 29.3 Å². The van der Waals surface area contributed by atoms with Crippen molar-refractivity contribution in [1.29, 1.82) is 0 Å². The third-order valence-electron chi connectivity index (χ3n) is 3.44. The third kappa shape index (κ3) is 3.62. The molecule has 0 saturated heterocycles. The molecule has 3 aromatic heterocycles. The molecule has 0 N–H and O–H groups in total. The highest BCUT2D eigenvalue weighted by atomic mass is 32.1. The molecular weight excluding hydrogens is 373 g/mol. The van der Waals surface area contributed by atoms with E-state index in [1.54, 1.807) is 29.9 Å². The van der Waals surface area contributed by atoms with Gasteiger partial charge in [-0.1, -0.05) is 5.16 Å². The number of carbonyl (C=O) groups is 1. The summed E-state index contributed by atoms with van der Waals surface area (Å²) in [5.41, 5.74) is 0.323. The number of hydrogen-bond acceptors (Lipinski definition) is 7. The number of halogens is 3. The molecule has 0 spiro atoms. The quantitative estimate of drug-likeness (QED) is 0.621. The summed E-state index contributed by atoms with van der Waals surface area (Å²) < 4.78 is 48.4. The molecule has 0 aliphatic rings. The molecule has 0 saturated carbocycles. The lowest BCUT2D eigenvalue weighted by molar-refractivity contribution is -0.159. The predicted octanol–water partition coefficient (Wildman–Crippen LogP) is 3.80. The Morgan fingerprint density at radius 2 is 2.19 bits per heavy atom. The van der Waals surface area contributed by atoms with Crippen LogP contribution in [0.5, 0.6) is 0 Å². The van der Waals surface area contributed by atoms with E-state index in [-0.39, 0.29) is 18.5 Å². The van der Waals surface area contributed by atoms with Gasteiger partial charge in [-0.2, -0.15) is 23.3 Å². The number of carbonyl (C=O) groups excluding carboxylic acids is 1. The number of alkyl halides is 3. The Balaban J connectivity index is 1.79. The van der Waals surface area contributed by atoms with Crippen molar-refractivity contribution in [1.82, 2.24) is 19.9 Å². The van der Waals surface area contributed by atoms with Gasteiger partial charge in [0.15, 0.2) is 0 Å². The van der Waals surface area contributed by atoms with Gasteiger partial charge < -0.3 is 9.26 Å². The van der Waals surface area contributed by atoms with E-state index in [9.17, 15) is 18.0 Å². The maximum absolute atomic E-state index is 12.6. The number of aromatic nitrogens is 4. The van der Waals surface area contributed by atoms with E-state index in [1.807, 2.05) is 6.92 Å². The van der Waals surface area contributed by atoms with Crippen LogP contribution in [0.15, 0.2) is 29.0 Å². The molecule has 26 heavy (non-hydrogen) atoms. The number of nitrogens with zero attached hydrogens (tertiary/aromatic N) is 4. The van der Waals surface area contributed by atoms with Crippen molar-refractivity contribution in [3.8, 4) is 10.7 Å². The summed E-state index contributed by atoms with van der Waals surface area (Å²) in [6.45, 7) is 3.81. The molecule has 3 aromatic rings. The van der Waals surface area contributed by atoms with E-state index >= 15 is 0 Å². The van der Waals surface area contributed by atoms with E-state index in [0.717, 1.165) is 4.88 Å². The molecule has 1 atom stereocenters. The second-order valence-corrected chi connectivity index (χ2v) is 6.34. The first-order chi connectivity index (χ1) is 12.3. The van der Waals surface area contributed by atoms with Gasteiger partial charge in [0.25, 0.3) is 0 Å². The first-order valence-corrected chi connectivity index (χ1v) is 8.33. The van der Waals surface area contributed by atoms with Gasteiger partial charge in [-0.05, 0) is 26.0 Å². The van der Waals surface area contributed by atoms with Gasteiger partial charge in [0.1, 0.15) is 0 Å². The molecule has 0 unspecified atom stereocenters. The third-order valence-corrected chi connectivity index (χ3v) is 4.69. The van der Waals surface area contributed by atoms with Gasteiger partial charge in [-0.3, -0.25) is 4.68 Å². The number of esters is 1. The number of ether oxygens (including phenoxy) is 1. The molecule has 11 heteroatoms. The van der Waals surface area contributed by atoms with Crippen LogP contribution in [-0.2, 0) is 10.9 Å². The molecule has 0 aliphatic heterocycles. The van der Waals surface area contributed by atoms with Gasteiger partial charge in [0.2, 0.25) is 5.82 Å². The first kappa shape index (κ1) is 18.1. The zero-order chi connectivity index (χ0) is 18.9. The van der Waals surface area contributed by atoms with Crippen LogP contribution in [0.25, 0.3) is 10.7 Å². The molecule has 138 valence electrons. The number of thiophene rings is 1. The molecule has 0 aromatic carbocycles. The molecular formula is C15H13F3N4O3S. The fourth-order valence-corrected chi connectivity index (χ4v) is 3.12. The van der Waals surface area contributed by atoms with Crippen LogP contribution in [0.3, 0.4) is 0 Å². The highest BCUT2D eigenvalue weighted by Crippen LogP contribution is 2.34. The van der Waals surface area contributed by atoms with Crippen LogP contribution in [0.2, 0.25) is 0 Å². The maximum atomic E-state index is 12.6. The van der Waals surface area contributed by atoms with Crippen LogP contribution in [0.4, 0.5) is 13.2 Å². The highest BCUT2D eigenvalue weighted by molar-refractivity contribution is 7.15. The SMILES string of the molecule is CCOC(=O)c1cnn([C@H](C)c2ccc(-c3noc(C(F)(F)F)n3)s2)c1. The van der Waals surface area contributed by atoms with Crippen LogP contribution in [-0.4, -0.2) is 32.5 Å². The number of hydrogen-bond donors (Lipinski definition) is 0. The maximum Gasteiger partial charge on any atom is 0.471 e. The zero-order valence-electron chi connectivity index (χ0n) is 13.6. The normalized spacial score (nSPS) is 13.0. The Kier molecular flexibility index (Phi) is 4.81. The topological polar surface area (TPSA) is 83.0 Å². The second kappa shape index (κ2) is 6.90. The molecule has 0 aliphatic carbocycles. The molecule has 0 bridgehead atoms. The van der Waals surface area contributed by atoms with Crippen LogP contribution in [0, 0.1) is 0 Å². The Morgan fingerprint density at radius 3 is 2.85 bits per heavy atom. The van der Waals surface area contributed by atoms with Gasteiger partial charge in [-0.25, -0.2) is 4.79 Å². The van der Waals surface area contributed by atoms with Crippen molar-refractivity contribution < 1.29 is 27.2 Å². The van der Waals surface area contributed by atoms with Crippen molar-refractivity contribution in [2.75, 3.05) is 6.61 Å². The lowest BCUT2D eigenvalue weighted by Crippen LogP contribution is -2.06. The van der Waals surface area contributed by atoms with Crippen LogP contribution < -0.4 is 0 Å². The van der Waals surface area contributed by atoms with Gasteiger partial charge >= 0.3 is 18.0 Å². The van der Waals surface area contributed by atoms with Gasteiger partial charge in [0, 0.05) is 11.1 Å². The lowest BCUT2D eigenvalue weighted by Gasteiger charge is -2.09. The van der Waals surface area contributed by atoms with E-state index in [0.29, 0.717) is 10.4 Å². The van der Waals surface area contributed by atoms with E-state index < -0.39 is 18.0 Å². The molecule has 3 heterocycles. The summed E-state index contributed by atoms with van der Waals surface area (Å²) in [7, 11) is 0. The summed E-state index contributed by atoms with van der Waals surface area (Å²) in [6.07, 6.45) is -1.73. The molecule has 7 nitrogen and oxygen atoms in total. The fourth-order valence-electron chi connectivity index (χ4n) is 2.14. The van der Waals surface area contributed by atoms with Crippen molar-refractivity contribution in [2.45, 2.75) is 26.1 Å². The van der Waals surface area contributed by atoms with Crippen molar-refractivity contribution >= 4 is 17.3 Å². The minimum Gasteiger partial charge on any atom is -0.462 e. The van der Waals surface area contributed by atoms with Crippen molar-refractivity contribution in [2.24, 2.45) is 0 Å². The number of rotatable bonds is 5. The summed E-state index contributed by atoms with van der Waals surface area (Å²) in [6, 6.07) is 3.10. The Hall–Kier alpha value is -2.69. The molecule has 0 radical (unpaired) electrons. The largest absolute Gasteiger partial charge is 0.471 e. The predicted molar refractivity (Wildman–Crippen MR) is 84.6 cm³/mol. The average Bonchev–Trinajstić information content (AvgIpc) is 3.31. The van der Waals surface area contributed by atoms with E-state index in [4.69, 9.17) is 4.74 Å². The summed E-state index contributed by atoms with van der Waals surface area (Å²) in [5.74, 6) is -1.99. The Bertz CT molecular complexity index is 915. The van der Waals surface area contributed by atoms with Gasteiger partial charge in [-0.15, -0.1) is 11.3 Å². The average molecular weight is 386 g/mol. The summed E-state index contributed by atoms with van der Waals surface area (Å²) in [5, 5.41) is 7.50. The molecule has 0 fully saturated rings. The smallest absolute Gasteiger partial charge is 0.462 e. The van der Waals surface area contributed by atoms with E-state index in [1.165, 1.54) is 17.5 Å². The molecule has 3 rings (SSSR count). The lowest BCUT2D eigenvalue weighted by atomic mass is 10.2. The van der Waals surface area contributed by atoms with Crippen molar-refractivity contribution in [3.63, 3.8) is 0 Å². The second-order valence-electron chi connectivity index (χ2n) is 5.23. The van der Waals surface area contributed by atoms with Crippen LogP contribution in [0.1, 0.15) is 41.0 Å². The Morgan fingerprint density at radius 1 is 1.42 bits per heavy atom. The first-order valence-electron chi connectivity index (χ1n) is 7.52. The van der Waals surface area contributed by atoms with Crippen molar-refractivity contribution in [3.05, 3.63) is 40.9 Å². The molecule has 0 amide bonds. The minimum absolute atomic E-state index is 0.131. The van der Waals surface area contributed by atoms with Crippen LogP contribution >= 0.6 is 11.3 Å². The standard InChI is InChI=1S/C15H13F3N4O3S/c1-3-24-13(23)9-6-19-22(7-9)8(2)10-4-5-11(26-10)12-20-14(25-21-12)15(16,17)18/h4-8H,3H2,1-2H3/t8-/m1/s1. The zero-order valence-corrected chi connectivity index (χ0v) is 14.5. The summed E-state index contributed by atoms with van der Waals surface area (Å²) >= 11 is 1.21. The minimum atomic E-state index is -4.68. The van der Waals surface area contributed by atoms with E-state index in [2.05, 4.69) is 19.8 Å². The monoisotopic (exact) mass is 386 g/mol.